The molecule has 2 rings (SSSR count). The Labute approximate surface area is 93.8 Å². The highest BCUT2D eigenvalue weighted by Gasteiger charge is 2.00. The van der Waals surface area contributed by atoms with Gasteiger partial charge in [-0.25, -0.2) is 4.98 Å². The van der Waals surface area contributed by atoms with Gasteiger partial charge in [-0.3, -0.25) is 0 Å². The molecule has 4 heteroatoms. The predicted molar refractivity (Wildman–Crippen MR) is 64.2 cm³/mol. The molecule has 3 nitrogen and oxygen atoms in total. The van der Waals surface area contributed by atoms with Crippen LogP contribution < -0.4 is 5.32 Å². The van der Waals surface area contributed by atoms with E-state index in [9.17, 15) is 0 Å². The lowest BCUT2D eigenvalue weighted by atomic mass is 10.4. The van der Waals surface area contributed by atoms with Crippen molar-refractivity contribution < 1.29 is 0 Å². The number of imidazole rings is 1. The molecular weight excluding hydrogens is 206 g/mol. The van der Waals surface area contributed by atoms with Gasteiger partial charge in [-0.15, -0.1) is 0 Å². The van der Waals surface area contributed by atoms with Gasteiger partial charge in [0.05, 0.1) is 18.6 Å². The fourth-order valence-corrected chi connectivity index (χ4v) is 2.11. The van der Waals surface area contributed by atoms with E-state index in [1.165, 1.54) is 11.4 Å². The lowest BCUT2D eigenvalue weighted by Crippen LogP contribution is -2.06. The molecule has 0 unspecified atom stereocenters. The monoisotopic (exact) mass is 221 g/mol. The number of hydrogen-bond donors (Lipinski definition) is 1. The maximum absolute atomic E-state index is 4.17. The van der Waals surface area contributed by atoms with Crippen molar-refractivity contribution in [2.75, 3.05) is 5.32 Å². The zero-order valence-corrected chi connectivity index (χ0v) is 9.63. The van der Waals surface area contributed by atoms with Gasteiger partial charge < -0.3 is 9.88 Å². The summed E-state index contributed by atoms with van der Waals surface area (Å²) in [5, 5.41) is 7.56. The van der Waals surface area contributed by atoms with E-state index in [-0.39, 0.29) is 0 Å². The highest BCUT2D eigenvalue weighted by molar-refractivity contribution is 7.08. The molecule has 2 aromatic heterocycles. The van der Waals surface area contributed by atoms with Crippen LogP contribution in [0.4, 0.5) is 5.69 Å². The molecule has 0 bridgehead atoms. The molecule has 0 spiro atoms. The highest BCUT2D eigenvalue weighted by Crippen LogP contribution is 2.13. The van der Waals surface area contributed by atoms with Crippen molar-refractivity contribution in [3.8, 4) is 0 Å². The molecule has 1 N–H and O–H groups in total. The molecule has 0 saturated carbocycles. The van der Waals surface area contributed by atoms with Gasteiger partial charge in [-0.05, 0) is 17.9 Å². The Kier molecular flexibility index (Phi) is 3.40. The van der Waals surface area contributed by atoms with Crippen LogP contribution in [0.2, 0.25) is 0 Å². The summed E-state index contributed by atoms with van der Waals surface area (Å²) in [5.41, 5.74) is 2.42. The van der Waals surface area contributed by atoms with Gasteiger partial charge >= 0.3 is 0 Å². The minimum absolute atomic E-state index is 0.844. The summed E-state index contributed by atoms with van der Waals surface area (Å²) in [5.74, 6) is 0. The minimum Gasteiger partial charge on any atom is -0.379 e. The Bertz CT molecular complexity index is 392. The van der Waals surface area contributed by atoms with Crippen LogP contribution in [-0.2, 0) is 13.1 Å². The fourth-order valence-electron chi connectivity index (χ4n) is 1.50. The molecule has 0 amide bonds. The lowest BCUT2D eigenvalue weighted by molar-refractivity contribution is 0.651. The number of rotatable bonds is 5. The molecular formula is C11H15N3S. The zero-order chi connectivity index (χ0) is 10.5. The van der Waals surface area contributed by atoms with E-state index >= 15 is 0 Å². The number of anilines is 1. The molecule has 15 heavy (non-hydrogen) atoms. The maximum Gasteiger partial charge on any atom is 0.0948 e. The Hall–Kier alpha value is -1.29. The van der Waals surface area contributed by atoms with Crippen LogP contribution in [-0.4, -0.2) is 9.55 Å². The number of nitrogens with one attached hydrogen (secondary N) is 1. The van der Waals surface area contributed by atoms with E-state index in [4.69, 9.17) is 0 Å². The van der Waals surface area contributed by atoms with Crippen LogP contribution in [0.5, 0.6) is 0 Å². The first-order valence-corrected chi connectivity index (χ1v) is 6.09. The molecule has 80 valence electrons. The lowest BCUT2D eigenvalue weighted by Gasteiger charge is -2.07. The van der Waals surface area contributed by atoms with Crippen molar-refractivity contribution in [3.63, 3.8) is 0 Å². The second-order valence-electron chi connectivity index (χ2n) is 3.44. The molecule has 0 aromatic carbocycles. The van der Waals surface area contributed by atoms with Crippen molar-refractivity contribution in [2.45, 2.75) is 26.4 Å². The molecule has 0 aliphatic heterocycles. The SMILES string of the molecule is CCCn1cncc1CNc1ccsc1. The number of hydrogen-bond acceptors (Lipinski definition) is 3. The van der Waals surface area contributed by atoms with Crippen molar-refractivity contribution in [2.24, 2.45) is 0 Å². The third-order valence-electron chi connectivity index (χ3n) is 2.26. The van der Waals surface area contributed by atoms with Gasteiger partial charge in [0.2, 0.25) is 0 Å². The first-order valence-electron chi connectivity index (χ1n) is 5.15. The van der Waals surface area contributed by atoms with Gasteiger partial charge in [0.1, 0.15) is 0 Å². The van der Waals surface area contributed by atoms with Crippen molar-refractivity contribution in [1.29, 1.82) is 0 Å². The van der Waals surface area contributed by atoms with Gasteiger partial charge in [-0.2, -0.15) is 11.3 Å². The minimum atomic E-state index is 0.844. The van der Waals surface area contributed by atoms with Gasteiger partial charge in [0, 0.05) is 23.8 Å². The van der Waals surface area contributed by atoms with E-state index in [2.05, 4.69) is 38.6 Å². The van der Waals surface area contributed by atoms with E-state index in [0.29, 0.717) is 0 Å². The standard InChI is InChI=1S/C11H15N3S/c1-2-4-14-9-12-6-11(14)7-13-10-3-5-15-8-10/h3,5-6,8-9,13H,2,4,7H2,1H3. The molecule has 0 aliphatic carbocycles. The van der Waals surface area contributed by atoms with Crippen LogP contribution in [0, 0.1) is 0 Å². The summed E-state index contributed by atoms with van der Waals surface area (Å²) in [4.78, 5) is 4.17. The maximum atomic E-state index is 4.17. The largest absolute Gasteiger partial charge is 0.379 e. The predicted octanol–water partition coefficient (Wildman–Crippen LogP) is 2.97. The van der Waals surface area contributed by atoms with Gasteiger partial charge in [-0.1, -0.05) is 6.92 Å². The third kappa shape index (κ3) is 2.59. The van der Waals surface area contributed by atoms with Gasteiger partial charge in [0.25, 0.3) is 0 Å². The average molecular weight is 221 g/mol. The molecule has 0 saturated heterocycles. The van der Waals surface area contributed by atoms with Crippen molar-refractivity contribution >= 4 is 17.0 Å². The molecule has 0 atom stereocenters. The van der Waals surface area contributed by atoms with E-state index < -0.39 is 0 Å². The summed E-state index contributed by atoms with van der Waals surface area (Å²) in [6.45, 7) is 4.06. The Morgan fingerprint density at radius 2 is 2.47 bits per heavy atom. The van der Waals surface area contributed by atoms with E-state index in [1.807, 2.05) is 12.5 Å². The first-order chi connectivity index (χ1) is 7.40. The first kappa shape index (κ1) is 10.2. The number of nitrogens with zero attached hydrogens (tertiary/aromatic N) is 2. The van der Waals surface area contributed by atoms with Gasteiger partial charge in [0.15, 0.2) is 0 Å². The zero-order valence-electron chi connectivity index (χ0n) is 8.81. The van der Waals surface area contributed by atoms with Crippen molar-refractivity contribution in [1.82, 2.24) is 9.55 Å². The molecule has 2 aromatic rings. The molecule has 0 radical (unpaired) electrons. The molecule has 0 aliphatic rings. The van der Waals surface area contributed by atoms with Crippen molar-refractivity contribution in [3.05, 3.63) is 35.0 Å². The average Bonchev–Trinajstić information content (AvgIpc) is 2.85. The normalized spacial score (nSPS) is 10.5. The van der Waals surface area contributed by atoms with Crippen LogP contribution in [0.3, 0.4) is 0 Å². The van der Waals surface area contributed by atoms with E-state index in [0.717, 1.165) is 19.5 Å². The topological polar surface area (TPSA) is 29.9 Å². The number of thiophene rings is 1. The summed E-state index contributed by atoms with van der Waals surface area (Å²) < 4.78 is 2.19. The Balaban J connectivity index is 1.95. The summed E-state index contributed by atoms with van der Waals surface area (Å²) >= 11 is 1.71. The summed E-state index contributed by atoms with van der Waals surface area (Å²) in [6, 6.07) is 2.09. The number of aromatic nitrogens is 2. The highest BCUT2D eigenvalue weighted by atomic mass is 32.1. The van der Waals surface area contributed by atoms with Crippen LogP contribution in [0.1, 0.15) is 19.0 Å². The third-order valence-corrected chi connectivity index (χ3v) is 2.94. The quantitative estimate of drug-likeness (QED) is 0.841. The summed E-state index contributed by atoms with van der Waals surface area (Å²) in [6.07, 6.45) is 4.96. The Morgan fingerprint density at radius 1 is 1.53 bits per heavy atom. The smallest absolute Gasteiger partial charge is 0.0948 e. The van der Waals surface area contributed by atoms with E-state index in [1.54, 1.807) is 11.3 Å². The second-order valence-corrected chi connectivity index (χ2v) is 4.22. The number of aryl methyl sites for hydroxylation is 1. The van der Waals surface area contributed by atoms with Crippen LogP contribution in [0.15, 0.2) is 29.4 Å². The second kappa shape index (κ2) is 4.98. The molecule has 0 fully saturated rings. The van der Waals surface area contributed by atoms with Crippen LogP contribution in [0.25, 0.3) is 0 Å². The fraction of sp³-hybridized carbons (Fsp3) is 0.364. The van der Waals surface area contributed by atoms with Crippen LogP contribution >= 0.6 is 11.3 Å². The summed E-state index contributed by atoms with van der Waals surface area (Å²) in [7, 11) is 0. The Morgan fingerprint density at radius 3 is 3.20 bits per heavy atom. The molecule has 2 heterocycles.